The summed E-state index contributed by atoms with van der Waals surface area (Å²) in [5.74, 6) is 0.789. The summed E-state index contributed by atoms with van der Waals surface area (Å²) in [7, 11) is 0. The van der Waals surface area contributed by atoms with Crippen LogP contribution < -0.4 is 10.5 Å². The second-order valence-corrected chi connectivity index (χ2v) is 3.07. The van der Waals surface area contributed by atoms with Crippen LogP contribution in [0.4, 0.5) is 4.79 Å². The molecule has 0 fully saturated rings. The Morgan fingerprint density at radius 2 is 1.41 bits per heavy atom. The number of hydrogen-bond donors (Lipinski definition) is 2. The van der Waals surface area contributed by atoms with Crippen LogP contribution in [0.1, 0.15) is 0 Å². The van der Waals surface area contributed by atoms with Crippen molar-refractivity contribution in [2.24, 2.45) is 5.73 Å². The van der Waals surface area contributed by atoms with Crippen LogP contribution in [0.3, 0.4) is 0 Å². The quantitative estimate of drug-likeness (QED) is 0.792. The van der Waals surface area contributed by atoms with Gasteiger partial charge in [0.25, 0.3) is 0 Å². The number of carbonyl (C=O) groups excluding carboxylic acids is 1. The number of primary amides is 1. The van der Waals surface area contributed by atoms with E-state index in [1.807, 2.05) is 12.1 Å². The molecule has 0 saturated heterocycles. The lowest BCUT2D eigenvalue weighted by molar-refractivity contribution is 0.211. The predicted molar refractivity (Wildman–Crippen MR) is 64.8 cm³/mol. The zero-order valence-electron chi connectivity index (χ0n) is 9.11. The maximum absolute atomic E-state index is 10.2. The fraction of sp³-hybridized carbons (Fsp3) is 0. The van der Waals surface area contributed by atoms with E-state index in [1.54, 1.807) is 48.5 Å². The summed E-state index contributed by atoms with van der Waals surface area (Å²) in [6.07, 6.45) is -0.786. The largest absolute Gasteiger partial charge is 0.508 e. The van der Waals surface area contributed by atoms with Gasteiger partial charge >= 0.3 is 6.09 Å². The molecule has 4 nitrogen and oxygen atoms in total. The number of benzene rings is 2. The molecule has 2 aromatic carbocycles. The average Bonchev–Trinajstić information content (AvgIpc) is 2.31. The number of amides is 1. The van der Waals surface area contributed by atoms with Gasteiger partial charge < -0.3 is 15.6 Å². The van der Waals surface area contributed by atoms with Crippen molar-refractivity contribution in [2.75, 3.05) is 0 Å². The number of phenols is 1. The maximum Gasteiger partial charge on any atom is 0.409 e. The topological polar surface area (TPSA) is 72.6 Å². The Kier molecular flexibility index (Phi) is 5.10. The summed E-state index contributed by atoms with van der Waals surface area (Å²) < 4.78 is 4.55. The van der Waals surface area contributed by atoms with E-state index in [-0.39, 0.29) is 0 Å². The van der Waals surface area contributed by atoms with Gasteiger partial charge in [0.2, 0.25) is 0 Å². The van der Waals surface area contributed by atoms with Gasteiger partial charge in [-0.3, -0.25) is 0 Å². The average molecular weight is 231 g/mol. The van der Waals surface area contributed by atoms with Crippen molar-refractivity contribution in [1.29, 1.82) is 0 Å². The maximum atomic E-state index is 10.2. The molecule has 2 rings (SSSR count). The van der Waals surface area contributed by atoms with Gasteiger partial charge in [-0.15, -0.1) is 0 Å². The van der Waals surface area contributed by atoms with Crippen LogP contribution in [0.15, 0.2) is 60.7 Å². The fourth-order valence-corrected chi connectivity index (χ4v) is 1.03. The first kappa shape index (κ1) is 12.6. The lowest BCUT2D eigenvalue weighted by Crippen LogP contribution is -2.15. The first-order chi connectivity index (χ1) is 8.18. The monoisotopic (exact) mass is 231 g/mol. The Morgan fingerprint density at radius 3 is 1.76 bits per heavy atom. The second kappa shape index (κ2) is 6.90. The summed E-state index contributed by atoms with van der Waals surface area (Å²) in [4.78, 5) is 10.2. The van der Waals surface area contributed by atoms with Gasteiger partial charge in [-0.05, 0) is 24.3 Å². The molecule has 17 heavy (non-hydrogen) atoms. The Labute approximate surface area is 99.3 Å². The highest BCUT2D eigenvalue weighted by atomic mass is 16.5. The molecule has 4 heteroatoms. The molecule has 0 radical (unpaired) electrons. The van der Waals surface area contributed by atoms with E-state index < -0.39 is 6.09 Å². The minimum absolute atomic E-state index is 0.322. The standard InChI is InChI=1S/C7H7NO2.C6H6O/c8-7(9)10-6-4-2-1-3-5-6;7-6-4-2-1-3-5-6/h1-5H,(H2,8,9);1-5,7H. The number of nitrogens with two attached hydrogens (primary N) is 1. The third-order valence-corrected chi connectivity index (χ3v) is 1.72. The molecule has 0 atom stereocenters. The van der Waals surface area contributed by atoms with Gasteiger partial charge in [0.05, 0.1) is 0 Å². The molecule has 0 aromatic heterocycles. The summed E-state index contributed by atoms with van der Waals surface area (Å²) in [6.45, 7) is 0. The van der Waals surface area contributed by atoms with Crippen LogP contribution in [0, 0.1) is 0 Å². The highest BCUT2D eigenvalue weighted by Gasteiger charge is 1.93. The van der Waals surface area contributed by atoms with Crippen LogP contribution in [-0.2, 0) is 0 Å². The molecule has 3 N–H and O–H groups in total. The van der Waals surface area contributed by atoms with Gasteiger partial charge in [0.1, 0.15) is 11.5 Å². The van der Waals surface area contributed by atoms with E-state index in [0.29, 0.717) is 11.5 Å². The third kappa shape index (κ3) is 5.84. The predicted octanol–water partition coefficient (Wildman–Crippen LogP) is 2.54. The zero-order valence-corrected chi connectivity index (χ0v) is 9.11. The minimum Gasteiger partial charge on any atom is -0.508 e. The highest BCUT2D eigenvalue weighted by Crippen LogP contribution is 2.07. The van der Waals surface area contributed by atoms with Crippen molar-refractivity contribution in [3.05, 3.63) is 60.7 Å². The van der Waals surface area contributed by atoms with E-state index in [4.69, 9.17) is 10.8 Å². The van der Waals surface area contributed by atoms with Gasteiger partial charge in [0, 0.05) is 0 Å². The SMILES string of the molecule is NC(=O)Oc1ccccc1.Oc1ccccc1. The van der Waals surface area contributed by atoms with Gasteiger partial charge in [-0.2, -0.15) is 0 Å². The normalized spacial score (nSPS) is 8.71. The van der Waals surface area contributed by atoms with Crippen molar-refractivity contribution in [1.82, 2.24) is 0 Å². The number of para-hydroxylation sites is 2. The van der Waals surface area contributed by atoms with E-state index in [0.717, 1.165) is 0 Å². The third-order valence-electron chi connectivity index (χ3n) is 1.72. The molecule has 0 saturated carbocycles. The smallest absolute Gasteiger partial charge is 0.409 e. The van der Waals surface area contributed by atoms with E-state index in [1.165, 1.54) is 0 Å². The Bertz CT molecular complexity index is 443. The van der Waals surface area contributed by atoms with Crippen molar-refractivity contribution in [3.63, 3.8) is 0 Å². The lowest BCUT2D eigenvalue weighted by Gasteiger charge is -1.96. The van der Waals surface area contributed by atoms with Crippen LogP contribution in [0.25, 0.3) is 0 Å². The molecule has 2 aromatic rings. The number of rotatable bonds is 1. The summed E-state index contributed by atoms with van der Waals surface area (Å²) >= 11 is 0. The minimum atomic E-state index is -0.786. The van der Waals surface area contributed by atoms with E-state index in [2.05, 4.69) is 4.74 Å². The molecule has 0 unspecified atom stereocenters. The highest BCUT2D eigenvalue weighted by molar-refractivity contribution is 5.67. The van der Waals surface area contributed by atoms with Crippen LogP contribution in [0.5, 0.6) is 11.5 Å². The van der Waals surface area contributed by atoms with Crippen molar-refractivity contribution < 1.29 is 14.6 Å². The molecular formula is C13H13NO3. The number of aromatic hydroxyl groups is 1. The Balaban J connectivity index is 0.000000181. The summed E-state index contributed by atoms with van der Waals surface area (Å²) in [5, 5.41) is 8.63. The van der Waals surface area contributed by atoms with Gasteiger partial charge in [-0.1, -0.05) is 36.4 Å². The Morgan fingerprint density at radius 1 is 0.941 bits per heavy atom. The second-order valence-electron chi connectivity index (χ2n) is 3.07. The molecule has 0 aliphatic rings. The zero-order chi connectivity index (χ0) is 12.5. The van der Waals surface area contributed by atoms with Crippen LogP contribution in [0.2, 0.25) is 0 Å². The number of ether oxygens (including phenoxy) is 1. The van der Waals surface area contributed by atoms with Crippen LogP contribution in [-0.4, -0.2) is 11.2 Å². The van der Waals surface area contributed by atoms with Crippen molar-refractivity contribution >= 4 is 6.09 Å². The molecule has 0 aliphatic carbocycles. The molecule has 88 valence electrons. The van der Waals surface area contributed by atoms with Gasteiger partial charge in [-0.25, -0.2) is 4.79 Å². The number of phenolic OH excluding ortho intramolecular Hbond substituents is 1. The molecular weight excluding hydrogens is 218 g/mol. The summed E-state index contributed by atoms with van der Waals surface area (Å²) in [6, 6.07) is 17.4. The van der Waals surface area contributed by atoms with E-state index in [9.17, 15) is 4.79 Å². The Hall–Kier alpha value is -2.49. The number of hydrogen-bond acceptors (Lipinski definition) is 3. The molecule has 0 aliphatic heterocycles. The first-order valence-electron chi connectivity index (χ1n) is 4.95. The van der Waals surface area contributed by atoms with E-state index >= 15 is 0 Å². The number of carbonyl (C=O) groups is 1. The van der Waals surface area contributed by atoms with Crippen molar-refractivity contribution in [2.45, 2.75) is 0 Å². The van der Waals surface area contributed by atoms with Crippen molar-refractivity contribution in [3.8, 4) is 11.5 Å². The lowest BCUT2D eigenvalue weighted by atomic mass is 10.3. The molecule has 1 amide bonds. The summed E-state index contributed by atoms with van der Waals surface area (Å²) in [5.41, 5.74) is 4.76. The van der Waals surface area contributed by atoms with Gasteiger partial charge in [0.15, 0.2) is 0 Å². The van der Waals surface area contributed by atoms with Crippen LogP contribution >= 0.6 is 0 Å². The fourth-order valence-electron chi connectivity index (χ4n) is 1.03. The molecule has 0 spiro atoms. The molecule has 0 bridgehead atoms. The molecule has 0 heterocycles. The first-order valence-corrected chi connectivity index (χ1v) is 4.95.